The molecule has 1 aliphatic heterocycles. The number of carbonyl (C=O) groups excluding carboxylic acids is 1. The molecule has 3 aromatic carbocycles. The third-order valence-electron chi connectivity index (χ3n) is 4.54. The molecule has 1 N–H and O–H groups in total. The molecule has 1 amide bonds. The van der Waals surface area contributed by atoms with Gasteiger partial charge in [-0.05, 0) is 60.7 Å². The van der Waals surface area contributed by atoms with Crippen LogP contribution in [0, 0.1) is 5.82 Å². The van der Waals surface area contributed by atoms with Crippen LogP contribution in [-0.2, 0) is 0 Å². The molecule has 0 radical (unpaired) electrons. The van der Waals surface area contributed by atoms with Crippen molar-refractivity contribution in [1.29, 1.82) is 0 Å². The van der Waals surface area contributed by atoms with Crippen LogP contribution < -0.4 is 14.8 Å². The number of fused-ring (bicyclic) bond motifs is 2. The number of rotatable bonds is 3. The van der Waals surface area contributed by atoms with Gasteiger partial charge in [0.1, 0.15) is 24.5 Å². The maximum Gasteiger partial charge on any atom is 0.255 e. The number of benzene rings is 3. The molecule has 0 spiro atoms. The van der Waals surface area contributed by atoms with Gasteiger partial charge in [-0.15, -0.1) is 0 Å². The number of oxazole rings is 1. The SMILES string of the molecule is O=C(Nc1ccc2oc(-c3ccc(F)cc3)nc2c1)c1ccc2c(c1)OCCO2. The Morgan fingerprint density at radius 1 is 0.931 bits per heavy atom. The minimum Gasteiger partial charge on any atom is -0.486 e. The molecule has 2 heterocycles. The molecule has 0 aliphatic carbocycles. The second-order valence-electron chi connectivity index (χ2n) is 6.52. The molecule has 7 heteroatoms. The van der Waals surface area contributed by atoms with Crippen LogP contribution in [0.3, 0.4) is 0 Å². The highest BCUT2D eigenvalue weighted by molar-refractivity contribution is 6.05. The zero-order valence-electron chi connectivity index (χ0n) is 15.1. The van der Waals surface area contributed by atoms with Crippen LogP contribution in [-0.4, -0.2) is 24.1 Å². The monoisotopic (exact) mass is 390 g/mol. The second kappa shape index (κ2) is 6.94. The highest BCUT2D eigenvalue weighted by Crippen LogP contribution is 2.31. The minimum atomic E-state index is -0.325. The summed E-state index contributed by atoms with van der Waals surface area (Å²) in [6, 6.07) is 16.2. The van der Waals surface area contributed by atoms with Gasteiger partial charge in [-0.25, -0.2) is 9.37 Å². The second-order valence-corrected chi connectivity index (χ2v) is 6.52. The van der Waals surface area contributed by atoms with Crippen molar-refractivity contribution < 1.29 is 23.1 Å². The quantitative estimate of drug-likeness (QED) is 0.551. The van der Waals surface area contributed by atoms with Crippen LogP contribution in [0.2, 0.25) is 0 Å². The molecule has 4 aromatic rings. The fraction of sp³-hybridized carbons (Fsp3) is 0.0909. The predicted octanol–water partition coefficient (Wildman–Crippen LogP) is 4.66. The van der Waals surface area contributed by atoms with Gasteiger partial charge >= 0.3 is 0 Å². The van der Waals surface area contributed by atoms with Crippen LogP contribution in [0.5, 0.6) is 11.5 Å². The summed E-state index contributed by atoms with van der Waals surface area (Å²) >= 11 is 0. The number of aromatic nitrogens is 1. The molecule has 0 unspecified atom stereocenters. The number of anilines is 1. The first-order valence-corrected chi connectivity index (χ1v) is 9.03. The molecule has 0 fully saturated rings. The van der Waals surface area contributed by atoms with E-state index in [4.69, 9.17) is 13.9 Å². The molecule has 6 nitrogen and oxygen atoms in total. The molecule has 5 rings (SSSR count). The van der Waals surface area contributed by atoms with E-state index >= 15 is 0 Å². The van der Waals surface area contributed by atoms with Gasteiger partial charge in [-0.3, -0.25) is 4.79 Å². The van der Waals surface area contributed by atoms with Crippen LogP contribution >= 0.6 is 0 Å². The number of carbonyl (C=O) groups is 1. The van der Waals surface area contributed by atoms with Gasteiger partial charge in [0.05, 0.1) is 0 Å². The van der Waals surface area contributed by atoms with Crippen molar-refractivity contribution in [3.63, 3.8) is 0 Å². The number of hydrogen-bond donors (Lipinski definition) is 1. The lowest BCUT2D eigenvalue weighted by Crippen LogP contribution is -2.17. The van der Waals surface area contributed by atoms with E-state index in [0.29, 0.717) is 58.5 Å². The zero-order valence-corrected chi connectivity index (χ0v) is 15.1. The summed E-state index contributed by atoms with van der Waals surface area (Å²) in [5.41, 5.74) is 2.87. The Labute approximate surface area is 164 Å². The highest BCUT2D eigenvalue weighted by Gasteiger charge is 2.16. The molecule has 0 saturated heterocycles. The zero-order chi connectivity index (χ0) is 19.8. The van der Waals surface area contributed by atoms with Crippen molar-refractivity contribution in [3.8, 4) is 23.0 Å². The number of ether oxygens (including phenoxy) is 2. The van der Waals surface area contributed by atoms with Crippen LogP contribution in [0.4, 0.5) is 10.1 Å². The first-order valence-electron chi connectivity index (χ1n) is 9.03. The van der Waals surface area contributed by atoms with Gasteiger partial charge in [0, 0.05) is 16.8 Å². The topological polar surface area (TPSA) is 73.6 Å². The van der Waals surface area contributed by atoms with E-state index in [1.807, 2.05) is 0 Å². The Morgan fingerprint density at radius 2 is 1.72 bits per heavy atom. The fourth-order valence-electron chi connectivity index (χ4n) is 3.11. The van der Waals surface area contributed by atoms with Gasteiger partial charge in [-0.1, -0.05) is 0 Å². The predicted molar refractivity (Wildman–Crippen MR) is 105 cm³/mol. The largest absolute Gasteiger partial charge is 0.486 e. The van der Waals surface area contributed by atoms with Crippen molar-refractivity contribution in [2.24, 2.45) is 0 Å². The number of nitrogens with zero attached hydrogens (tertiary/aromatic N) is 1. The Hall–Kier alpha value is -3.87. The average Bonchev–Trinajstić information content (AvgIpc) is 3.17. The molecule has 0 bridgehead atoms. The van der Waals surface area contributed by atoms with E-state index in [0.717, 1.165) is 0 Å². The van der Waals surface area contributed by atoms with Crippen LogP contribution in [0.1, 0.15) is 10.4 Å². The standard InChI is InChI=1S/C22H15FN2O4/c23-15-4-1-13(2-5-15)22-25-17-12-16(6-8-18(17)29-22)24-21(26)14-3-7-19-20(11-14)28-10-9-27-19/h1-8,11-12H,9-10H2,(H,24,26). The smallest absolute Gasteiger partial charge is 0.255 e. The molecule has 1 aromatic heterocycles. The van der Waals surface area contributed by atoms with E-state index in [1.54, 1.807) is 48.5 Å². The third-order valence-corrected chi connectivity index (χ3v) is 4.54. The van der Waals surface area contributed by atoms with Crippen molar-refractivity contribution in [1.82, 2.24) is 4.98 Å². The number of nitrogens with one attached hydrogen (secondary N) is 1. The molecular weight excluding hydrogens is 375 g/mol. The Kier molecular flexibility index (Phi) is 4.13. The minimum absolute atomic E-state index is 0.274. The van der Waals surface area contributed by atoms with Crippen molar-refractivity contribution >= 4 is 22.7 Å². The summed E-state index contributed by atoms with van der Waals surface area (Å²) in [6.45, 7) is 0.952. The number of amides is 1. The highest BCUT2D eigenvalue weighted by atomic mass is 19.1. The molecule has 0 saturated carbocycles. The molecule has 29 heavy (non-hydrogen) atoms. The van der Waals surface area contributed by atoms with Crippen molar-refractivity contribution in [2.75, 3.05) is 18.5 Å². The van der Waals surface area contributed by atoms with E-state index in [1.165, 1.54) is 12.1 Å². The molecule has 0 atom stereocenters. The Morgan fingerprint density at radius 3 is 2.55 bits per heavy atom. The van der Waals surface area contributed by atoms with Gasteiger partial charge in [-0.2, -0.15) is 0 Å². The van der Waals surface area contributed by atoms with E-state index < -0.39 is 0 Å². The molecule has 1 aliphatic rings. The number of halogens is 1. The average molecular weight is 390 g/mol. The lowest BCUT2D eigenvalue weighted by Gasteiger charge is -2.18. The molecule has 144 valence electrons. The van der Waals surface area contributed by atoms with Gasteiger partial charge in [0.2, 0.25) is 5.89 Å². The lowest BCUT2D eigenvalue weighted by atomic mass is 10.1. The third kappa shape index (κ3) is 3.38. The summed E-state index contributed by atoms with van der Waals surface area (Å²) in [5.74, 6) is 0.970. The number of hydrogen-bond acceptors (Lipinski definition) is 5. The summed E-state index contributed by atoms with van der Waals surface area (Å²) in [6.07, 6.45) is 0. The van der Waals surface area contributed by atoms with E-state index in [-0.39, 0.29) is 11.7 Å². The summed E-state index contributed by atoms with van der Waals surface area (Å²) in [7, 11) is 0. The summed E-state index contributed by atoms with van der Waals surface area (Å²) in [4.78, 5) is 17.0. The Balaban J connectivity index is 1.39. The van der Waals surface area contributed by atoms with Crippen LogP contribution in [0.15, 0.2) is 65.1 Å². The van der Waals surface area contributed by atoms with E-state index in [9.17, 15) is 9.18 Å². The first-order chi connectivity index (χ1) is 14.2. The maximum absolute atomic E-state index is 13.1. The van der Waals surface area contributed by atoms with Gasteiger partial charge < -0.3 is 19.2 Å². The van der Waals surface area contributed by atoms with Crippen molar-refractivity contribution in [2.45, 2.75) is 0 Å². The van der Waals surface area contributed by atoms with Crippen molar-refractivity contribution in [3.05, 3.63) is 72.0 Å². The van der Waals surface area contributed by atoms with E-state index in [2.05, 4.69) is 10.3 Å². The fourth-order valence-corrected chi connectivity index (χ4v) is 3.11. The Bertz CT molecular complexity index is 1220. The van der Waals surface area contributed by atoms with Gasteiger partial charge in [0.15, 0.2) is 17.1 Å². The normalized spacial score (nSPS) is 12.7. The first kappa shape index (κ1) is 17.2. The summed E-state index contributed by atoms with van der Waals surface area (Å²) in [5, 5.41) is 2.85. The summed E-state index contributed by atoms with van der Waals surface area (Å²) < 4.78 is 29.8. The van der Waals surface area contributed by atoms with Gasteiger partial charge in [0.25, 0.3) is 5.91 Å². The molecular formula is C22H15FN2O4. The van der Waals surface area contributed by atoms with Crippen LogP contribution in [0.25, 0.3) is 22.6 Å². The lowest BCUT2D eigenvalue weighted by molar-refractivity contribution is 0.102. The maximum atomic E-state index is 13.1.